The molecule has 0 aliphatic rings. The van der Waals surface area contributed by atoms with E-state index in [0.29, 0.717) is 16.1 Å². The Labute approximate surface area is 125 Å². The molecule has 6 heteroatoms. The third-order valence-corrected chi connectivity index (χ3v) is 4.16. The van der Waals surface area contributed by atoms with Crippen molar-refractivity contribution < 1.29 is 0 Å². The van der Waals surface area contributed by atoms with E-state index >= 15 is 0 Å². The minimum Gasteiger partial charge on any atom is -0.374 e. The lowest BCUT2D eigenvalue weighted by atomic mass is 10.0. The lowest BCUT2D eigenvalue weighted by molar-refractivity contribution is 0.830. The first-order valence-corrected chi connectivity index (χ1v) is 7.44. The Kier molecular flexibility index (Phi) is 3.31. The van der Waals surface area contributed by atoms with Crippen LogP contribution in [0.3, 0.4) is 0 Å². The molecule has 1 aromatic carbocycles. The Morgan fingerprint density at radius 2 is 2.05 bits per heavy atom. The summed E-state index contributed by atoms with van der Waals surface area (Å²) in [4.78, 5) is 4.66. The Bertz CT molecular complexity index is 782. The van der Waals surface area contributed by atoms with Crippen LogP contribution in [0.1, 0.15) is 25.5 Å². The molecular weight excluding hydrogens is 292 g/mol. The van der Waals surface area contributed by atoms with E-state index in [-0.39, 0.29) is 0 Å². The minimum absolute atomic E-state index is 0.305. The first-order chi connectivity index (χ1) is 9.56. The second-order valence-corrected chi connectivity index (χ2v) is 6.25. The number of nitrogens with two attached hydrogens (primary N) is 1. The number of anilines is 1. The predicted molar refractivity (Wildman–Crippen MR) is 84.2 cm³/mol. The van der Waals surface area contributed by atoms with Gasteiger partial charge in [0.25, 0.3) is 0 Å². The summed E-state index contributed by atoms with van der Waals surface area (Å²) in [7, 11) is 0. The van der Waals surface area contributed by atoms with Gasteiger partial charge in [0, 0.05) is 16.6 Å². The predicted octanol–water partition coefficient (Wildman–Crippen LogP) is 4.11. The van der Waals surface area contributed by atoms with Crippen LogP contribution in [0.25, 0.3) is 21.5 Å². The number of pyridine rings is 1. The third kappa shape index (κ3) is 2.23. The summed E-state index contributed by atoms with van der Waals surface area (Å²) in [6, 6.07) is 7.79. The average molecular weight is 305 g/mol. The van der Waals surface area contributed by atoms with Crippen LogP contribution in [-0.2, 0) is 0 Å². The van der Waals surface area contributed by atoms with Gasteiger partial charge in [0.05, 0.1) is 10.5 Å². The van der Waals surface area contributed by atoms with Crippen LogP contribution in [0.2, 0.25) is 5.02 Å². The van der Waals surface area contributed by atoms with Crippen LogP contribution >= 0.6 is 22.9 Å². The number of aromatic nitrogens is 3. The molecule has 0 radical (unpaired) electrons. The van der Waals surface area contributed by atoms with Crippen LogP contribution in [0.5, 0.6) is 0 Å². The maximum atomic E-state index is 6.28. The third-order valence-electron chi connectivity index (χ3n) is 3.07. The standard InChI is InChI=1S/C14H13ClN4S/c1-7(2)11-6-9(13-18-19-14(16)20-13)8-4-3-5-10(15)12(8)17-11/h3-7H,1-2H3,(H2,16,19). The summed E-state index contributed by atoms with van der Waals surface area (Å²) < 4.78 is 0. The van der Waals surface area contributed by atoms with Crippen LogP contribution in [-0.4, -0.2) is 15.2 Å². The van der Waals surface area contributed by atoms with Crippen molar-refractivity contribution in [3.05, 3.63) is 35.0 Å². The van der Waals surface area contributed by atoms with Gasteiger partial charge in [0.1, 0.15) is 5.01 Å². The Morgan fingerprint density at radius 1 is 1.25 bits per heavy atom. The zero-order valence-corrected chi connectivity index (χ0v) is 12.7. The number of rotatable bonds is 2. The molecule has 3 rings (SSSR count). The zero-order valence-electron chi connectivity index (χ0n) is 11.1. The van der Waals surface area contributed by atoms with Crippen LogP contribution in [0.4, 0.5) is 5.13 Å². The molecule has 2 N–H and O–H groups in total. The van der Waals surface area contributed by atoms with E-state index in [1.807, 2.05) is 24.3 Å². The van der Waals surface area contributed by atoms with Crippen molar-refractivity contribution in [1.29, 1.82) is 0 Å². The van der Waals surface area contributed by atoms with Crippen LogP contribution in [0.15, 0.2) is 24.3 Å². The van der Waals surface area contributed by atoms with Gasteiger partial charge in [0.15, 0.2) is 0 Å². The van der Waals surface area contributed by atoms with Crippen molar-refractivity contribution in [2.45, 2.75) is 19.8 Å². The monoisotopic (exact) mass is 304 g/mol. The van der Waals surface area contributed by atoms with Gasteiger partial charge in [-0.25, -0.2) is 0 Å². The zero-order chi connectivity index (χ0) is 14.3. The molecule has 4 nitrogen and oxygen atoms in total. The molecule has 3 aromatic rings. The summed E-state index contributed by atoms with van der Waals surface area (Å²) in [6.45, 7) is 4.20. The molecule has 0 bridgehead atoms. The van der Waals surface area contributed by atoms with Crippen LogP contribution in [0, 0.1) is 0 Å². The maximum absolute atomic E-state index is 6.28. The maximum Gasteiger partial charge on any atom is 0.203 e. The van der Waals surface area contributed by atoms with Crippen molar-refractivity contribution >= 4 is 39.0 Å². The number of halogens is 1. The first-order valence-electron chi connectivity index (χ1n) is 6.25. The van der Waals surface area contributed by atoms with Gasteiger partial charge in [-0.3, -0.25) is 4.98 Å². The highest BCUT2D eigenvalue weighted by Crippen LogP contribution is 2.35. The summed E-state index contributed by atoms with van der Waals surface area (Å²) in [5.41, 5.74) is 8.45. The quantitative estimate of drug-likeness (QED) is 0.773. The van der Waals surface area contributed by atoms with E-state index in [9.17, 15) is 0 Å². The lowest BCUT2D eigenvalue weighted by Gasteiger charge is -2.10. The molecule has 0 atom stereocenters. The fourth-order valence-corrected chi connectivity index (χ4v) is 2.91. The van der Waals surface area contributed by atoms with Gasteiger partial charge in [-0.15, -0.1) is 10.2 Å². The van der Waals surface area contributed by atoms with Crippen molar-refractivity contribution in [3.63, 3.8) is 0 Å². The molecule has 0 saturated heterocycles. The average Bonchev–Trinajstić information content (AvgIpc) is 2.84. The Balaban J connectivity index is 2.36. The molecule has 0 amide bonds. The molecule has 102 valence electrons. The lowest BCUT2D eigenvalue weighted by Crippen LogP contribution is -1.95. The fraction of sp³-hybridized carbons (Fsp3) is 0.214. The summed E-state index contributed by atoms with van der Waals surface area (Å²) >= 11 is 7.65. The van der Waals surface area contributed by atoms with Crippen molar-refractivity contribution in [2.24, 2.45) is 0 Å². The van der Waals surface area contributed by atoms with Crippen molar-refractivity contribution in [2.75, 3.05) is 5.73 Å². The molecular formula is C14H13ClN4S. The summed E-state index contributed by atoms with van der Waals surface area (Å²) in [6.07, 6.45) is 0. The van der Waals surface area contributed by atoms with E-state index in [2.05, 4.69) is 29.0 Å². The normalized spacial score (nSPS) is 11.4. The fourth-order valence-electron chi connectivity index (χ4n) is 2.05. The topological polar surface area (TPSA) is 64.7 Å². The van der Waals surface area contributed by atoms with E-state index in [1.54, 1.807) is 0 Å². The number of nitrogens with zero attached hydrogens (tertiary/aromatic N) is 3. The van der Waals surface area contributed by atoms with E-state index in [0.717, 1.165) is 27.2 Å². The van der Waals surface area contributed by atoms with Gasteiger partial charge < -0.3 is 5.73 Å². The number of fused-ring (bicyclic) bond motifs is 1. The molecule has 0 fully saturated rings. The molecule has 0 saturated carbocycles. The van der Waals surface area contributed by atoms with E-state index in [4.69, 9.17) is 17.3 Å². The summed E-state index contributed by atoms with van der Waals surface area (Å²) in [5, 5.41) is 10.9. The highest BCUT2D eigenvalue weighted by atomic mass is 35.5. The van der Waals surface area contributed by atoms with Gasteiger partial charge in [-0.05, 0) is 18.1 Å². The highest BCUT2D eigenvalue weighted by Gasteiger charge is 2.14. The van der Waals surface area contributed by atoms with Gasteiger partial charge in [-0.2, -0.15) is 0 Å². The molecule has 20 heavy (non-hydrogen) atoms. The SMILES string of the molecule is CC(C)c1cc(-c2nnc(N)s2)c2cccc(Cl)c2n1. The van der Waals surface area contributed by atoms with Crippen molar-refractivity contribution in [1.82, 2.24) is 15.2 Å². The van der Waals surface area contributed by atoms with E-state index in [1.165, 1.54) is 11.3 Å². The second-order valence-electron chi connectivity index (χ2n) is 4.83. The van der Waals surface area contributed by atoms with Crippen molar-refractivity contribution in [3.8, 4) is 10.6 Å². The first kappa shape index (κ1) is 13.3. The molecule has 0 aliphatic carbocycles. The molecule has 0 aliphatic heterocycles. The van der Waals surface area contributed by atoms with Gasteiger partial charge in [-0.1, -0.05) is 48.9 Å². The molecule has 2 heterocycles. The number of hydrogen-bond donors (Lipinski definition) is 1. The number of nitrogen functional groups attached to an aromatic ring is 1. The molecule has 0 unspecified atom stereocenters. The molecule has 2 aromatic heterocycles. The second kappa shape index (κ2) is 5.00. The number of benzene rings is 1. The Morgan fingerprint density at radius 3 is 2.70 bits per heavy atom. The smallest absolute Gasteiger partial charge is 0.203 e. The minimum atomic E-state index is 0.305. The van der Waals surface area contributed by atoms with Gasteiger partial charge in [0.2, 0.25) is 5.13 Å². The Hall–Kier alpha value is -1.72. The number of hydrogen-bond acceptors (Lipinski definition) is 5. The summed E-state index contributed by atoms with van der Waals surface area (Å²) in [5.74, 6) is 0.305. The highest BCUT2D eigenvalue weighted by molar-refractivity contribution is 7.18. The van der Waals surface area contributed by atoms with Gasteiger partial charge >= 0.3 is 0 Å². The largest absolute Gasteiger partial charge is 0.374 e. The number of para-hydroxylation sites is 1. The van der Waals surface area contributed by atoms with E-state index < -0.39 is 0 Å². The van der Waals surface area contributed by atoms with Crippen LogP contribution < -0.4 is 5.73 Å². The molecule has 0 spiro atoms.